The third kappa shape index (κ3) is 3.24. The summed E-state index contributed by atoms with van der Waals surface area (Å²) in [5, 5.41) is 4.09. The monoisotopic (exact) mass is 366 g/mol. The molecule has 2 saturated heterocycles. The van der Waals surface area contributed by atoms with Gasteiger partial charge < -0.3 is 9.80 Å². The van der Waals surface area contributed by atoms with Crippen molar-refractivity contribution in [2.75, 3.05) is 19.6 Å². The molecule has 2 fully saturated rings. The van der Waals surface area contributed by atoms with Crippen molar-refractivity contribution in [2.24, 2.45) is 12.5 Å². The summed E-state index contributed by atoms with van der Waals surface area (Å²) in [5.41, 5.74) is 2.53. The second-order valence-corrected chi connectivity index (χ2v) is 7.92. The van der Waals surface area contributed by atoms with E-state index in [1.54, 1.807) is 24.0 Å². The van der Waals surface area contributed by atoms with Crippen LogP contribution in [0.4, 0.5) is 0 Å². The third-order valence-electron chi connectivity index (χ3n) is 5.96. The fourth-order valence-electron chi connectivity index (χ4n) is 4.50. The first kappa shape index (κ1) is 17.8. The smallest absolute Gasteiger partial charge is 0.272 e. The van der Waals surface area contributed by atoms with Gasteiger partial charge in [-0.3, -0.25) is 14.3 Å². The maximum Gasteiger partial charge on any atom is 0.272 e. The highest BCUT2D eigenvalue weighted by atomic mass is 16.2. The fourth-order valence-corrected chi connectivity index (χ4v) is 4.50. The quantitative estimate of drug-likeness (QED) is 0.838. The number of rotatable bonds is 3. The Hall–Kier alpha value is -2.63. The van der Waals surface area contributed by atoms with Gasteiger partial charge in [-0.2, -0.15) is 5.10 Å². The zero-order chi connectivity index (χ0) is 19.0. The predicted octanol–water partition coefficient (Wildman–Crippen LogP) is 2.38. The standard InChI is InChI=1S/C21H26N4O2/c1-16-5-3-6-17(13-16)14-24-11-4-8-21(20(24)27)9-12-25(15-21)19(26)18-7-10-22-23(18)2/h3,5-7,10,13H,4,8-9,11-12,14-15H2,1-2H3/t21-/m0/s1. The van der Waals surface area contributed by atoms with Crippen LogP contribution in [0.2, 0.25) is 0 Å². The minimum Gasteiger partial charge on any atom is -0.338 e. The summed E-state index contributed by atoms with van der Waals surface area (Å²) < 4.78 is 1.60. The molecule has 0 bridgehead atoms. The van der Waals surface area contributed by atoms with E-state index in [4.69, 9.17) is 0 Å². The lowest BCUT2D eigenvalue weighted by Crippen LogP contribution is -2.50. The molecule has 0 unspecified atom stereocenters. The van der Waals surface area contributed by atoms with Crippen LogP contribution in [0, 0.1) is 12.3 Å². The van der Waals surface area contributed by atoms with Crippen molar-refractivity contribution in [3.05, 3.63) is 53.3 Å². The predicted molar refractivity (Wildman–Crippen MR) is 102 cm³/mol. The van der Waals surface area contributed by atoms with Crippen molar-refractivity contribution in [3.8, 4) is 0 Å². The van der Waals surface area contributed by atoms with Crippen LogP contribution in [0.1, 0.15) is 40.9 Å². The molecule has 0 radical (unpaired) electrons. The molecular weight excluding hydrogens is 340 g/mol. The van der Waals surface area contributed by atoms with Gasteiger partial charge in [0, 0.05) is 39.4 Å². The zero-order valence-corrected chi connectivity index (χ0v) is 16.0. The maximum absolute atomic E-state index is 13.3. The van der Waals surface area contributed by atoms with Gasteiger partial charge in [-0.05, 0) is 37.8 Å². The number of benzene rings is 1. The third-order valence-corrected chi connectivity index (χ3v) is 5.96. The number of hydrogen-bond donors (Lipinski definition) is 0. The summed E-state index contributed by atoms with van der Waals surface area (Å²) in [4.78, 5) is 29.9. The molecule has 1 spiro atoms. The van der Waals surface area contributed by atoms with Crippen molar-refractivity contribution in [1.29, 1.82) is 0 Å². The van der Waals surface area contributed by atoms with Gasteiger partial charge in [0.05, 0.1) is 5.41 Å². The van der Waals surface area contributed by atoms with Gasteiger partial charge in [-0.25, -0.2) is 0 Å². The molecule has 142 valence electrons. The Morgan fingerprint density at radius 3 is 2.81 bits per heavy atom. The van der Waals surface area contributed by atoms with Gasteiger partial charge in [-0.15, -0.1) is 0 Å². The van der Waals surface area contributed by atoms with Crippen molar-refractivity contribution >= 4 is 11.8 Å². The average Bonchev–Trinajstić information content (AvgIpc) is 3.26. The molecule has 2 aliphatic rings. The molecule has 0 aliphatic carbocycles. The Kier molecular flexibility index (Phi) is 4.50. The lowest BCUT2D eigenvalue weighted by molar-refractivity contribution is -0.146. The molecule has 2 aromatic rings. The number of likely N-dealkylation sites (tertiary alicyclic amines) is 2. The molecule has 3 heterocycles. The van der Waals surface area contributed by atoms with E-state index in [1.807, 2.05) is 15.9 Å². The van der Waals surface area contributed by atoms with Crippen LogP contribution in [0.5, 0.6) is 0 Å². The van der Waals surface area contributed by atoms with E-state index >= 15 is 0 Å². The van der Waals surface area contributed by atoms with Gasteiger partial charge in [0.1, 0.15) is 5.69 Å². The van der Waals surface area contributed by atoms with E-state index in [1.165, 1.54) is 11.1 Å². The van der Waals surface area contributed by atoms with Crippen LogP contribution in [0.15, 0.2) is 36.5 Å². The highest BCUT2D eigenvalue weighted by molar-refractivity contribution is 5.94. The van der Waals surface area contributed by atoms with Crippen LogP contribution in [0.25, 0.3) is 0 Å². The number of hydrogen-bond acceptors (Lipinski definition) is 3. The summed E-state index contributed by atoms with van der Waals surface area (Å²) >= 11 is 0. The largest absolute Gasteiger partial charge is 0.338 e. The Labute approximate surface area is 159 Å². The van der Waals surface area contributed by atoms with Crippen LogP contribution in [-0.4, -0.2) is 51.0 Å². The Morgan fingerprint density at radius 2 is 2.07 bits per heavy atom. The van der Waals surface area contributed by atoms with Gasteiger partial charge in [0.15, 0.2) is 0 Å². The molecule has 2 amide bonds. The summed E-state index contributed by atoms with van der Waals surface area (Å²) in [5.74, 6) is 0.172. The van der Waals surface area contributed by atoms with Crippen molar-refractivity contribution in [1.82, 2.24) is 19.6 Å². The number of piperidine rings is 1. The molecule has 0 saturated carbocycles. The number of nitrogens with zero attached hydrogens (tertiary/aromatic N) is 4. The maximum atomic E-state index is 13.3. The van der Waals surface area contributed by atoms with E-state index in [0.717, 1.165) is 25.8 Å². The molecule has 2 aliphatic heterocycles. The molecule has 4 rings (SSSR count). The van der Waals surface area contributed by atoms with Crippen molar-refractivity contribution in [2.45, 2.75) is 32.7 Å². The van der Waals surface area contributed by atoms with E-state index in [-0.39, 0.29) is 11.8 Å². The Morgan fingerprint density at radius 1 is 1.22 bits per heavy atom. The highest BCUT2D eigenvalue weighted by Crippen LogP contribution is 2.40. The fraction of sp³-hybridized carbons (Fsp3) is 0.476. The molecule has 6 heteroatoms. The van der Waals surface area contributed by atoms with Crippen LogP contribution < -0.4 is 0 Å². The number of aryl methyl sites for hydroxylation is 2. The minimum atomic E-state index is -0.420. The SMILES string of the molecule is Cc1cccc(CN2CCC[C@@]3(CCN(C(=O)c4ccnn4C)C3)C2=O)c1. The summed E-state index contributed by atoms with van der Waals surface area (Å²) in [7, 11) is 1.77. The van der Waals surface area contributed by atoms with Crippen LogP contribution >= 0.6 is 0 Å². The van der Waals surface area contributed by atoms with Crippen molar-refractivity contribution < 1.29 is 9.59 Å². The molecule has 27 heavy (non-hydrogen) atoms. The lowest BCUT2D eigenvalue weighted by atomic mass is 9.78. The van der Waals surface area contributed by atoms with Gasteiger partial charge in [0.25, 0.3) is 5.91 Å². The number of carbonyl (C=O) groups excluding carboxylic acids is 2. The van der Waals surface area contributed by atoms with Gasteiger partial charge >= 0.3 is 0 Å². The first-order valence-corrected chi connectivity index (χ1v) is 9.61. The molecule has 6 nitrogen and oxygen atoms in total. The van der Waals surface area contributed by atoms with E-state index in [9.17, 15) is 9.59 Å². The topological polar surface area (TPSA) is 58.4 Å². The van der Waals surface area contributed by atoms with Gasteiger partial charge in [0.2, 0.25) is 5.91 Å². The van der Waals surface area contributed by atoms with Gasteiger partial charge in [-0.1, -0.05) is 29.8 Å². The van der Waals surface area contributed by atoms with Crippen LogP contribution in [0.3, 0.4) is 0 Å². The summed E-state index contributed by atoms with van der Waals surface area (Å²) in [6, 6.07) is 10.1. The second kappa shape index (κ2) is 6.83. The minimum absolute atomic E-state index is 0.0320. The molecular formula is C21H26N4O2. The molecule has 1 aromatic carbocycles. The summed E-state index contributed by atoms with van der Waals surface area (Å²) in [6.45, 7) is 4.66. The van der Waals surface area contributed by atoms with E-state index < -0.39 is 5.41 Å². The van der Waals surface area contributed by atoms with Crippen LogP contribution in [-0.2, 0) is 18.4 Å². The lowest BCUT2D eigenvalue weighted by Gasteiger charge is -2.39. The number of amides is 2. The van der Waals surface area contributed by atoms with E-state index in [2.05, 4.69) is 30.2 Å². The molecule has 0 N–H and O–H groups in total. The molecule has 1 aromatic heterocycles. The van der Waals surface area contributed by atoms with E-state index in [0.29, 0.717) is 25.3 Å². The molecule has 1 atom stereocenters. The normalized spacial score (nSPS) is 22.7. The van der Waals surface area contributed by atoms with Crippen molar-refractivity contribution in [3.63, 3.8) is 0 Å². The Bertz CT molecular complexity index is 875. The number of aromatic nitrogens is 2. The summed E-state index contributed by atoms with van der Waals surface area (Å²) in [6.07, 6.45) is 4.24. The highest BCUT2D eigenvalue weighted by Gasteiger charge is 2.49. The zero-order valence-electron chi connectivity index (χ0n) is 16.0. The first-order chi connectivity index (χ1) is 13.0. The first-order valence-electron chi connectivity index (χ1n) is 9.61. The number of carbonyl (C=O) groups is 2. The Balaban J connectivity index is 1.49. The average molecular weight is 366 g/mol. The second-order valence-electron chi connectivity index (χ2n) is 7.92.